The molecule has 0 bridgehead atoms. The number of fused-ring (bicyclic) bond motifs is 3. The van der Waals surface area contributed by atoms with Gasteiger partial charge >= 0.3 is 0 Å². The number of rotatable bonds is 7. The average Bonchev–Trinajstić information content (AvgIpc) is 3.59. The van der Waals surface area contributed by atoms with Crippen molar-refractivity contribution in [3.63, 3.8) is 0 Å². The minimum atomic E-state index is 0.00452. The van der Waals surface area contributed by atoms with E-state index in [1.165, 1.54) is 31.7 Å². The summed E-state index contributed by atoms with van der Waals surface area (Å²) in [4.78, 5) is 13.8. The highest BCUT2D eigenvalue weighted by Gasteiger charge is 2.17. The summed E-state index contributed by atoms with van der Waals surface area (Å²) in [6.45, 7) is 0. The first-order chi connectivity index (χ1) is 24.8. The molecule has 0 saturated carbocycles. The summed E-state index contributed by atoms with van der Waals surface area (Å²) in [5.41, 5.74) is 12.1. The van der Waals surface area contributed by atoms with Crippen LogP contribution >= 0.6 is 32.1 Å². The Morgan fingerprint density at radius 2 is 1.06 bits per heavy atom. The quantitative estimate of drug-likeness (QED) is 0.151. The third-order valence-electron chi connectivity index (χ3n) is 8.94. The molecule has 3 heterocycles. The first-order valence-corrected chi connectivity index (χ1v) is 19.8. The predicted molar refractivity (Wildman–Crippen MR) is 222 cm³/mol. The third-order valence-corrected chi connectivity index (χ3v) is 11.9. The van der Waals surface area contributed by atoms with Crippen LogP contribution in [0.4, 0.5) is 17.1 Å². The van der Waals surface area contributed by atoms with Crippen molar-refractivity contribution in [3.8, 4) is 45.0 Å². The molecule has 1 aliphatic rings. The topological polar surface area (TPSA) is 29.0 Å². The minimum absolute atomic E-state index is 0.00452. The van der Waals surface area contributed by atoms with Gasteiger partial charge in [-0.1, -0.05) is 130 Å². The van der Waals surface area contributed by atoms with Gasteiger partial charge in [-0.2, -0.15) is 0 Å². The summed E-state index contributed by atoms with van der Waals surface area (Å²) in [5.74, 6) is 0.701. The van der Waals surface area contributed by atoms with Crippen LogP contribution in [0.5, 0.6) is 0 Å². The number of anilines is 3. The highest BCUT2D eigenvalue weighted by Crippen LogP contribution is 2.42. The molecular formula is C45H30IN3S. The monoisotopic (exact) mass is 771 g/mol. The summed E-state index contributed by atoms with van der Waals surface area (Å²) in [6, 6.07) is 57.6. The molecule has 0 unspecified atom stereocenters. The molecule has 0 fully saturated rings. The van der Waals surface area contributed by atoms with Gasteiger partial charge in [0.2, 0.25) is 0 Å². The van der Waals surface area contributed by atoms with E-state index < -0.39 is 0 Å². The van der Waals surface area contributed by atoms with Gasteiger partial charge in [0.25, 0.3) is 0 Å². The number of hydrogen-bond donors (Lipinski definition) is 0. The lowest BCUT2D eigenvalue weighted by Gasteiger charge is -2.26. The Hall–Kier alpha value is -5.50. The van der Waals surface area contributed by atoms with E-state index in [1.54, 1.807) is 0 Å². The standard InChI is InChI=1S/C45H30IN3S/c1-4-11-32(12-5-1)41-29-42(33-13-6-2-7-14-33)48-45(47-41)34-21-25-37(26-22-34)49(35-15-8-3-9-16-35)36-23-19-31(20-24-36)38-17-10-18-39-40-30-46-28-27-43(40)50-44(38)39/h1-30H. The molecule has 0 saturated heterocycles. The lowest BCUT2D eigenvalue weighted by molar-refractivity contribution is 1.18. The molecule has 3 nitrogen and oxygen atoms in total. The van der Waals surface area contributed by atoms with Crippen molar-refractivity contribution in [2.75, 3.05) is 4.90 Å². The van der Waals surface area contributed by atoms with E-state index in [0.717, 1.165) is 45.1 Å². The number of aromatic nitrogens is 2. The van der Waals surface area contributed by atoms with Crippen molar-refractivity contribution in [2.45, 2.75) is 0 Å². The molecule has 0 amide bonds. The smallest absolute Gasteiger partial charge is 0.160 e. The number of hydrogen-bond acceptors (Lipinski definition) is 4. The zero-order chi connectivity index (χ0) is 33.3. The second-order valence-electron chi connectivity index (χ2n) is 12.0. The zero-order valence-electron chi connectivity index (χ0n) is 26.9. The maximum Gasteiger partial charge on any atom is 0.160 e. The van der Waals surface area contributed by atoms with Gasteiger partial charge < -0.3 is 4.90 Å². The average molecular weight is 772 g/mol. The van der Waals surface area contributed by atoms with Crippen molar-refractivity contribution >= 4 is 69.3 Å². The maximum atomic E-state index is 5.04. The normalized spacial score (nSPS) is 12.0. The largest absolute Gasteiger partial charge is 0.311 e. The molecule has 2 aromatic heterocycles. The SMILES string of the molecule is C1=Cc2sc3c(-c4ccc(N(c5ccccc5)c5ccc(-c6nc(-c7ccccc7)cc(-c7ccccc7)n6)cc5)cc4)cccc3c2C=I1. The Morgan fingerprint density at radius 1 is 0.500 bits per heavy atom. The summed E-state index contributed by atoms with van der Waals surface area (Å²) < 4.78 is 6.17. The van der Waals surface area contributed by atoms with Crippen LogP contribution in [0.15, 0.2) is 168 Å². The Kier molecular flexibility index (Phi) is 8.20. The van der Waals surface area contributed by atoms with Crippen molar-refractivity contribution < 1.29 is 0 Å². The first kappa shape index (κ1) is 30.6. The van der Waals surface area contributed by atoms with E-state index in [4.69, 9.17) is 9.97 Å². The van der Waals surface area contributed by atoms with E-state index in [-0.39, 0.29) is 20.7 Å². The zero-order valence-corrected chi connectivity index (χ0v) is 29.9. The number of halogens is 1. The molecule has 0 radical (unpaired) electrons. The summed E-state index contributed by atoms with van der Waals surface area (Å²) in [5, 5.41) is 1.37. The van der Waals surface area contributed by atoms with Gasteiger partial charge in [0.1, 0.15) is 0 Å². The number of nitrogens with zero attached hydrogens (tertiary/aromatic N) is 3. The van der Waals surface area contributed by atoms with Crippen molar-refractivity contribution in [3.05, 3.63) is 178 Å². The van der Waals surface area contributed by atoms with E-state index >= 15 is 0 Å². The molecule has 8 aromatic rings. The van der Waals surface area contributed by atoms with E-state index in [9.17, 15) is 0 Å². The van der Waals surface area contributed by atoms with Crippen molar-refractivity contribution in [1.82, 2.24) is 9.97 Å². The molecule has 0 aliphatic carbocycles. The Labute approximate surface area is 305 Å². The van der Waals surface area contributed by atoms with Gasteiger partial charge in [-0.05, 0) is 79.9 Å². The summed E-state index contributed by atoms with van der Waals surface area (Å²) in [6.07, 6.45) is 2.32. The van der Waals surface area contributed by atoms with Crippen LogP contribution in [0.1, 0.15) is 10.4 Å². The van der Waals surface area contributed by atoms with E-state index in [2.05, 4.69) is 146 Å². The van der Waals surface area contributed by atoms with Crippen LogP contribution < -0.4 is 4.90 Å². The van der Waals surface area contributed by atoms with Crippen LogP contribution in [-0.4, -0.2) is 14.0 Å². The minimum Gasteiger partial charge on any atom is -0.311 e. The third kappa shape index (κ3) is 5.89. The molecule has 238 valence electrons. The predicted octanol–water partition coefficient (Wildman–Crippen LogP) is 12.9. The van der Waals surface area contributed by atoms with E-state index in [1.807, 2.05) is 47.7 Å². The lowest BCUT2D eigenvalue weighted by atomic mass is 10.0. The van der Waals surface area contributed by atoms with E-state index in [0.29, 0.717) is 5.82 Å². The molecule has 0 atom stereocenters. The van der Waals surface area contributed by atoms with Crippen molar-refractivity contribution in [1.29, 1.82) is 0 Å². The molecular weight excluding hydrogens is 741 g/mol. The fourth-order valence-electron chi connectivity index (χ4n) is 6.48. The summed E-state index contributed by atoms with van der Waals surface area (Å²) in [7, 11) is 0. The van der Waals surface area contributed by atoms with Gasteiger partial charge in [0.05, 0.1) is 11.4 Å². The molecule has 0 N–H and O–H groups in total. The van der Waals surface area contributed by atoms with Crippen LogP contribution in [-0.2, 0) is 0 Å². The molecule has 1 aliphatic heterocycles. The number of para-hydroxylation sites is 1. The van der Waals surface area contributed by atoms with Gasteiger partial charge in [-0.15, -0.1) is 11.3 Å². The Morgan fingerprint density at radius 3 is 1.68 bits per heavy atom. The van der Waals surface area contributed by atoms with Crippen LogP contribution in [0.3, 0.4) is 0 Å². The highest BCUT2D eigenvalue weighted by atomic mass is 127. The number of thiophene rings is 1. The molecule has 9 rings (SSSR count). The first-order valence-electron chi connectivity index (χ1n) is 16.5. The second kappa shape index (κ2) is 13.4. The van der Waals surface area contributed by atoms with Crippen LogP contribution in [0, 0.1) is 0 Å². The second-order valence-corrected chi connectivity index (χ2v) is 15.2. The fraction of sp³-hybridized carbons (Fsp3) is 0. The molecule has 50 heavy (non-hydrogen) atoms. The van der Waals surface area contributed by atoms with Crippen LogP contribution in [0.25, 0.3) is 61.2 Å². The Balaban J connectivity index is 1.09. The van der Waals surface area contributed by atoms with Gasteiger partial charge in [-0.25, -0.2) is 9.97 Å². The summed E-state index contributed by atoms with van der Waals surface area (Å²) >= 11 is 1.91. The molecule has 5 heteroatoms. The van der Waals surface area contributed by atoms with Gasteiger partial charge in [0.15, 0.2) is 5.82 Å². The van der Waals surface area contributed by atoms with Crippen LogP contribution in [0.2, 0.25) is 0 Å². The fourth-order valence-corrected chi connectivity index (χ4v) is 9.96. The van der Waals surface area contributed by atoms with Gasteiger partial charge in [0, 0.05) is 54.3 Å². The maximum absolute atomic E-state index is 5.04. The lowest BCUT2D eigenvalue weighted by Crippen LogP contribution is -2.09. The highest BCUT2D eigenvalue weighted by molar-refractivity contribution is 14.2. The van der Waals surface area contributed by atoms with Crippen molar-refractivity contribution in [2.24, 2.45) is 0 Å². The molecule has 6 aromatic carbocycles. The molecule has 0 spiro atoms. The number of benzene rings is 6. The van der Waals surface area contributed by atoms with Gasteiger partial charge in [-0.3, -0.25) is 0 Å². The Bertz CT molecular complexity index is 2450.